The number of hydrogen-bond acceptors (Lipinski definition) is 8. The molecule has 0 radical (unpaired) electrons. The average Bonchev–Trinajstić information content (AvgIpc) is 2.64. The predicted molar refractivity (Wildman–Crippen MR) is 114 cm³/mol. The lowest BCUT2D eigenvalue weighted by molar-refractivity contribution is -0.124. The third kappa shape index (κ3) is 16.7. The van der Waals surface area contributed by atoms with Gasteiger partial charge in [-0.2, -0.15) is 11.8 Å². The van der Waals surface area contributed by atoms with Gasteiger partial charge in [0.25, 0.3) is 0 Å². The first-order chi connectivity index (χ1) is 13.4. The first kappa shape index (κ1) is 27.8. The fraction of sp³-hybridized carbons (Fsp3) is 0.950. The number of aliphatic hydroxyl groups is 1. The standard InChI is InChI=1S/C20H41NO6S/c1-16(2)20(23)19(21-17(3)4)6-13-28-15-18(22)14-27-12-11-26-10-9-25-8-7-24-5/h16-19,21-22H,6-15H2,1-5H3/t18?,19-/m0/s1. The van der Waals surface area contributed by atoms with Crippen molar-refractivity contribution in [2.75, 3.05) is 64.9 Å². The predicted octanol–water partition coefficient (Wildman–Crippen LogP) is 1.76. The van der Waals surface area contributed by atoms with E-state index >= 15 is 0 Å². The van der Waals surface area contributed by atoms with Gasteiger partial charge in [0.1, 0.15) is 0 Å². The Morgan fingerprint density at radius 3 is 2.07 bits per heavy atom. The normalized spacial score (nSPS) is 14.0. The van der Waals surface area contributed by atoms with Gasteiger partial charge in [0, 0.05) is 24.8 Å². The molecule has 0 spiro atoms. The van der Waals surface area contributed by atoms with Gasteiger partial charge >= 0.3 is 0 Å². The van der Waals surface area contributed by atoms with Gasteiger partial charge < -0.3 is 29.4 Å². The topological polar surface area (TPSA) is 86.2 Å². The van der Waals surface area contributed by atoms with Gasteiger partial charge in [-0.1, -0.05) is 27.7 Å². The zero-order valence-corrected chi connectivity index (χ0v) is 19.1. The van der Waals surface area contributed by atoms with E-state index in [9.17, 15) is 9.90 Å². The molecule has 28 heavy (non-hydrogen) atoms. The zero-order chi connectivity index (χ0) is 21.2. The first-order valence-corrected chi connectivity index (χ1v) is 11.3. The molecule has 1 unspecified atom stereocenters. The Balaban J connectivity index is 3.65. The van der Waals surface area contributed by atoms with Crippen LogP contribution >= 0.6 is 11.8 Å². The van der Waals surface area contributed by atoms with E-state index in [1.165, 1.54) is 0 Å². The lowest BCUT2D eigenvalue weighted by atomic mass is 9.99. The molecule has 0 aromatic rings. The van der Waals surface area contributed by atoms with Crippen molar-refractivity contribution in [3.63, 3.8) is 0 Å². The highest BCUT2D eigenvalue weighted by molar-refractivity contribution is 7.99. The van der Waals surface area contributed by atoms with Gasteiger partial charge in [0.15, 0.2) is 5.78 Å². The Bertz CT molecular complexity index is 371. The largest absolute Gasteiger partial charge is 0.390 e. The Labute approximate surface area is 175 Å². The Morgan fingerprint density at radius 1 is 0.964 bits per heavy atom. The number of nitrogens with one attached hydrogen (secondary N) is 1. The summed E-state index contributed by atoms with van der Waals surface area (Å²) >= 11 is 1.65. The summed E-state index contributed by atoms with van der Waals surface area (Å²) in [5.74, 6) is 1.70. The van der Waals surface area contributed by atoms with E-state index in [2.05, 4.69) is 5.32 Å². The molecule has 8 heteroatoms. The number of hydrogen-bond donors (Lipinski definition) is 2. The van der Waals surface area contributed by atoms with Crippen molar-refractivity contribution in [1.29, 1.82) is 0 Å². The van der Waals surface area contributed by atoms with Crippen molar-refractivity contribution in [2.24, 2.45) is 5.92 Å². The molecule has 0 aliphatic rings. The summed E-state index contributed by atoms with van der Waals surface area (Å²) in [5.41, 5.74) is 0. The van der Waals surface area contributed by atoms with Crippen molar-refractivity contribution in [3.05, 3.63) is 0 Å². The minimum absolute atomic E-state index is 0.0272. The van der Waals surface area contributed by atoms with E-state index < -0.39 is 6.10 Å². The number of aliphatic hydroxyl groups excluding tert-OH is 1. The zero-order valence-electron chi connectivity index (χ0n) is 18.3. The average molecular weight is 424 g/mol. The second-order valence-electron chi connectivity index (χ2n) is 7.24. The molecule has 0 saturated carbocycles. The van der Waals surface area contributed by atoms with Gasteiger partial charge in [-0.05, 0) is 12.2 Å². The molecule has 0 rings (SSSR count). The molecule has 0 heterocycles. The molecule has 2 atom stereocenters. The summed E-state index contributed by atoms with van der Waals surface area (Å²) in [4.78, 5) is 12.3. The summed E-state index contributed by atoms with van der Waals surface area (Å²) in [7, 11) is 1.64. The molecular weight excluding hydrogens is 382 g/mol. The van der Waals surface area contributed by atoms with E-state index in [0.717, 1.165) is 12.2 Å². The van der Waals surface area contributed by atoms with Crippen LogP contribution in [0.15, 0.2) is 0 Å². The van der Waals surface area contributed by atoms with Gasteiger partial charge in [-0.15, -0.1) is 0 Å². The van der Waals surface area contributed by atoms with E-state index in [0.29, 0.717) is 52.0 Å². The van der Waals surface area contributed by atoms with Crippen molar-refractivity contribution < 1.29 is 28.8 Å². The molecule has 168 valence electrons. The van der Waals surface area contributed by atoms with Crippen molar-refractivity contribution in [1.82, 2.24) is 5.32 Å². The van der Waals surface area contributed by atoms with Crippen molar-refractivity contribution >= 4 is 17.5 Å². The van der Waals surface area contributed by atoms with Crippen molar-refractivity contribution in [2.45, 2.75) is 52.3 Å². The lowest BCUT2D eigenvalue weighted by Gasteiger charge is -2.22. The van der Waals surface area contributed by atoms with Crippen LogP contribution < -0.4 is 5.32 Å². The molecule has 0 saturated heterocycles. The Morgan fingerprint density at radius 2 is 1.54 bits per heavy atom. The maximum absolute atomic E-state index is 12.3. The van der Waals surface area contributed by atoms with Crippen LogP contribution in [0.2, 0.25) is 0 Å². The third-order valence-electron chi connectivity index (χ3n) is 3.79. The monoisotopic (exact) mass is 423 g/mol. The Kier molecular flexibility index (Phi) is 18.6. The number of carbonyl (C=O) groups is 1. The van der Waals surface area contributed by atoms with E-state index in [1.807, 2.05) is 27.7 Å². The number of ketones is 1. The second kappa shape index (κ2) is 18.8. The van der Waals surface area contributed by atoms with Gasteiger partial charge in [0.2, 0.25) is 0 Å². The number of thioether (sulfide) groups is 1. The summed E-state index contributed by atoms with van der Waals surface area (Å²) < 4.78 is 21.0. The lowest BCUT2D eigenvalue weighted by Crippen LogP contribution is -2.43. The van der Waals surface area contributed by atoms with Crippen LogP contribution in [0.25, 0.3) is 0 Å². The fourth-order valence-electron chi connectivity index (χ4n) is 2.38. The molecule has 0 aromatic carbocycles. The van der Waals surface area contributed by atoms with E-state index in [1.54, 1.807) is 18.9 Å². The molecule has 0 aliphatic heterocycles. The van der Waals surface area contributed by atoms with Crippen LogP contribution in [0.1, 0.15) is 34.1 Å². The summed E-state index contributed by atoms with van der Waals surface area (Å²) in [6, 6.07) is 0.160. The maximum Gasteiger partial charge on any atom is 0.152 e. The molecule has 7 nitrogen and oxygen atoms in total. The van der Waals surface area contributed by atoms with Crippen LogP contribution in [0.4, 0.5) is 0 Å². The molecular formula is C20H41NO6S. The van der Waals surface area contributed by atoms with Gasteiger partial charge in [-0.25, -0.2) is 0 Å². The van der Waals surface area contributed by atoms with Crippen LogP contribution in [0.5, 0.6) is 0 Å². The number of methoxy groups -OCH3 is 1. The smallest absolute Gasteiger partial charge is 0.152 e. The van der Waals surface area contributed by atoms with E-state index in [-0.39, 0.29) is 23.8 Å². The van der Waals surface area contributed by atoms with Crippen LogP contribution in [0, 0.1) is 5.92 Å². The number of carbonyl (C=O) groups excluding carboxylic acids is 1. The van der Waals surface area contributed by atoms with Crippen molar-refractivity contribution in [3.8, 4) is 0 Å². The summed E-state index contributed by atoms with van der Waals surface area (Å²) in [6.45, 7) is 11.4. The van der Waals surface area contributed by atoms with Gasteiger partial charge in [0.05, 0.1) is 58.4 Å². The minimum atomic E-state index is -0.514. The summed E-state index contributed by atoms with van der Waals surface area (Å²) in [5, 5.41) is 13.3. The first-order valence-electron chi connectivity index (χ1n) is 10.2. The molecule has 2 N–H and O–H groups in total. The third-order valence-corrected chi connectivity index (χ3v) is 4.94. The molecule has 0 fully saturated rings. The number of rotatable bonds is 20. The SMILES string of the molecule is COCCOCCOCCOCC(O)CSCC[C@H](NC(C)C)C(=O)C(C)C. The van der Waals surface area contributed by atoms with E-state index in [4.69, 9.17) is 18.9 Å². The quantitative estimate of drug-likeness (QED) is 0.287. The second-order valence-corrected chi connectivity index (χ2v) is 8.39. The molecule has 0 aliphatic carbocycles. The van der Waals surface area contributed by atoms with Crippen LogP contribution in [-0.2, 0) is 23.7 Å². The maximum atomic E-state index is 12.3. The highest BCUT2D eigenvalue weighted by Crippen LogP contribution is 2.11. The van der Waals surface area contributed by atoms with Crippen LogP contribution in [0.3, 0.4) is 0 Å². The summed E-state index contributed by atoms with van der Waals surface area (Å²) in [6.07, 6.45) is 0.257. The minimum Gasteiger partial charge on any atom is -0.390 e. The number of ether oxygens (including phenoxy) is 4. The fourth-order valence-corrected chi connectivity index (χ4v) is 3.32. The number of Topliss-reactive ketones (excluding diaryl/α,β-unsaturated/α-hetero) is 1. The van der Waals surface area contributed by atoms with Gasteiger partial charge in [-0.3, -0.25) is 4.79 Å². The highest BCUT2D eigenvalue weighted by atomic mass is 32.2. The highest BCUT2D eigenvalue weighted by Gasteiger charge is 2.21. The van der Waals surface area contributed by atoms with Crippen LogP contribution in [-0.4, -0.2) is 93.9 Å². The molecule has 0 amide bonds. The Hall–Kier alpha value is -0.220. The molecule has 0 bridgehead atoms. The molecule has 0 aromatic heterocycles.